The number of carbonyl (C=O) groups is 2. The van der Waals surface area contributed by atoms with Crippen molar-refractivity contribution >= 4 is 34.9 Å². The largest absolute Gasteiger partial charge is 0.369 e. The monoisotopic (exact) mass is 474 g/mol. The second-order valence-electron chi connectivity index (χ2n) is 8.53. The minimum atomic E-state index is -0.322. The van der Waals surface area contributed by atoms with Crippen LogP contribution in [0.5, 0.6) is 0 Å². The maximum absolute atomic E-state index is 13.0. The molecular weight excluding hydrogens is 444 g/mol. The number of hydrogen-bond acceptors (Lipinski definition) is 5. The van der Waals surface area contributed by atoms with Gasteiger partial charge in [0.2, 0.25) is 0 Å². The average Bonchev–Trinajstić information content (AvgIpc) is 3.36. The third-order valence-electron chi connectivity index (χ3n) is 5.89. The Morgan fingerprint density at radius 3 is 2.32 bits per heavy atom. The SMILES string of the molecule is Cc1ccc(C(=O)N/C(=C\c2cccs2)C(=O)NCc2ccc(N3CCN(C)CC3)cc2)cc1. The van der Waals surface area contributed by atoms with E-state index in [0.29, 0.717) is 12.1 Å². The molecule has 3 aromatic rings. The van der Waals surface area contributed by atoms with Crippen molar-refractivity contribution in [3.63, 3.8) is 0 Å². The second-order valence-corrected chi connectivity index (χ2v) is 9.51. The van der Waals surface area contributed by atoms with Crippen molar-refractivity contribution in [1.29, 1.82) is 0 Å². The molecule has 7 heteroatoms. The summed E-state index contributed by atoms with van der Waals surface area (Å²) in [6, 6.07) is 19.4. The van der Waals surface area contributed by atoms with Crippen LogP contribution in [0.3, 0.4) is 0 Å². The fourth-order valence-electron chi connectivity index (χ4n) is 3.74. The number of hydrogen-bond donors (Lipinski definition) is 2. The summed E-state index contributed by atoms with van der Waals surface area (Å²) < 4.78 is 0. The molecule has 1 aromatic heterocycles. The summed E-state index contributed by atoms with van der Waals surface area (Å²) in [4.78, 5) is 31.4. The molecule has 6 nitrogen and oxygen atoms in total. The number of anilines is 1. The van der Waals surface area contributed by atoms with Crippen LogP contribution in [0.2, 0.25) is 0 Å². The van der Waals surface area contributed by atoms with Crippen LogP contribution >= 0.6 is 11.3 Å². The maximum atomic E-state index is 13.0. The number of aryl methyl sites for hydroxylation is 1. The molecule has 2 aromatic carbocycles. The Morgan fingerprint density at radius 2 is 1.68 bits per heavy atom. The van der Waals surface area contributed by atoms with Crippen molar-refractivity contribution in [2.45, 2.75) is 13.5 Å². The highest BCUT2D eigenvalue weighted by atomic mass is 32.1. The summed E-state index contributed by atoms with van der Waals surface area (Å²) in [5.41, 5.74) is 4.01. The fourth-order valence-corrected chi connectivity index (χ4v) is 4.40. The van der Waals surface area contributed by atoms with Gasteiger partial charge in [0, 0.05) is 48.9 Å². The van der Waals surface area contributed by atoms with Gasteiger partial charge >= 0.3 is 0 Å². The molecule has 0 spiro atoms. The summed E-state index contributed by atoms with van der Waals surface area (Å²) in [7, 11) is 2.15. The molecule has 4 rings (SSSR count). The lowest BCUT2D eigenvalue weighted by Crippen LogP contribution is -2.44. The molecule has 2 N–H and O–H groups in total. The Kier molecular flexibility index (Phi) is 7.77. The van der Waals surface area contributed by atoms with Gasteiger partial charge in [-0.1, -0.05) is 35.9 Å². The Morgan fingerprint density at radius 1 is 0.971 bits per heavy atom. The first kappa shape index (κ1) is 23.7. The van der Waals surface area contributed by atoms with E-state index in [1.165, 1.54) is 17.0 Å². The lowest BCUT2D eigenvalue weighted by molar-refractivity contribution is -0.117. The van der Waals surface area contributed by atoms with E-state index in [1.807, 2.05) is 48.7 Å². The van der Waals surface area contributed by atoms with E-state index in [-0.39, 0.29) is 17.5 Å². The van der Waals surface area contributed by atoms with E-state index in [9.17, 15) is 9.59 Å². The van der Waals surface area contributed by atoms with Crippen LogP contribution in [0.25, 0.3) is 6.08 Å². The van der Waals surface area contributed by atoms with Gasteiger partial charge in [0.05, 0.1) is 0 Å². The molecule has 176 valence electrons. The normalized spacial score (nSPS) is 14.6. The van der Waals surface area contributed by atoms with E-state index in [2.05, 4.69) is 39.6 Å². The van der Waals surface area contributed by atoms with Crippen molar-refractivity contribution in [3.05, 3.63) is 93.3 Å². The first-order chi connectivity index (χ1) is 16.5. The standard InChI is InChI=1S/C27H30N4O2S/c1-20-5-9-22(10-6-20)26(32)29-25(18-24-4-3-17-34-24)27(33)28-19-21-7-11-23(12-8-21)31-15-13-30(2)14-16-31/h3-12,17-18H,13-16,19H2,1-2H3,(H,28,33)(H,29,32)/b25-18-. The van der Waals surface area contributed by atoms with Gasteiger partial charge in [-0.15, -0.1) is 11.3 Å². The molecule has 0 unspecified atom stereocenters. The number of thiophene rings is 1. The first-order valence-electron chi connectivity index (χ1n) is 11.4. The van der Waals surface area contributed by atoms with Gasteiger partial charge < -0.3 is 20.4 Å². The van der Waals surface area contributed by atoms with Crippen molar-refractivity contribution in [1.82, 2.24) is 15.5 Å². The van der Waals surface area contributed by atoms with Crippen LogP contribution in [0, 0.1) is 6.92 Å². The van der Waals surface area contributed by atoms with Crippen LogP contribution in [0.15, 0.2) is 71.7 Å². The maximum Gasteiger partial charge on any atom is 0.268 e. The zero-order chi connectivity index (χ0) is 23.9. The minimum Gasteiger partial charge on any atom is -0.369 e. The highest BCUT2D eigenvalue weighted by molar-refractivity contribution is 7.10. The molecule has 0 atom stereocenters. The number of piperazine rings is 1. The summed E-state index contributed by atoms with van der Waals surface area (Å²) in [5, 5.41) is 7.67. The smallest absolute Gasteiger partial charge is 0.268 e. The van der Waals surface area contributed by atoms with Crippen LogP contribution in [-0.4, -0.2) is 49.9 Å². The zero-order valence-corrected chi connectivity index (χ0v) is 20.4. The number of nitrogens with zero attached hydrogens (tertiary/aromatic N) is 2. The number of nitrogens with one attached hydrogen (secondary N) is 2. The Labute approximate surface area is 204 Å². The number of rotatable bonds is 7. The third-order valence-corrected chi connectivity index (χ3v) is 6.71. The summed E-state index contributed by atoms with van der Waals surface area (Å²) in [6.45, 7) is 6.50. The average molecular weight is 475 g/mol. The van der Waals surface area contributed by atoms with Gasteiger partial charge in [-0.05, 0) is 61.3 Å². The lowest BCUT2D eigenvalue weighted by atomic mass is 10.1. The molecule has 1 aliphatic rings. The molecule has 2 heterocycles. The van der Waals surface area contributed by atoms with Crippen molar-refractivity contribution in [2.75, 3.05) is 38.1 Å². The Balaban J connectivity index is 1.40. The van der Waals surface area contributed by atoms with E-state index in [0.717, 1.165) is 42.2 Å². The first-order valence-corrected chi connectivity index (χ1v) is 12.3. The highest BCUT2D eigenvalue weighted by Gasteiger charge is 2.16. The van der Waals surface area contributed by atoms with Gasteiger partial charge in [0.25, 0.3) is 11.8 Å². The number of amides is 2. The minimum absolute atomic E-state index is 0.224. The number of benzene rings is 2. The van der Waals surface area contributed by atoms with Gasteiger partial charge in [-0.2, -0.15) is 0 Å². The van der Waals surface area contributed by atoms with Crippen molar-refractivity contribution in [3.8, 4) is 0 Å². The van der Waals surface area contributed by atoms with E-state index < -0.39 is 0 Å². The molecule has 1 fully saturated rings. The number of carbonyl (C=O) groups excluding carboxylic acids is 2. The predicted molar refractivity (Wildman–Crippen MR) is 139 cm³/mol. The van der Waals surface area contributed by atoms with Crippen LogP contribution < -0.4 is 15.5 Å². The molecule has 0 radical (unpaired) electrons. The second kappa shape index (κ2) is 11.1. The van der Waals surface area contributed by atoms with Gasteiger partial charge in [0.1, 0.15) is 5.70 Å². The molecule has 2 amide bonds. The van der Waals surface area contributed by atoms with Gasteiger partial charge in [-0.25, -0.2) is 0 Å². The van der Waals surface area contributed by atoms with Crippen LogP contribution in [0.1, 0.15) is 26.4 Å². The predicted octanol–water partition coefficient (Wildman–Crippen LogP) is 3.90. The summed E-state index contributed by atoms with van der Waals surface area (Å²) >= 11 is 1.51. The van der Waals surface area contributed by atoms with Gasteiger partial charge in [0.15, 0.2) is 0 Å². The van der Waals surface area contributed by atoms with Gasteiger partial charge in [-0.3, -0.25) is 9.59 Å². The fraction of sp³-hybridized carbons (Fsp3) is 0.259. The molecule has 0 saturated carbocycles. The summed E-state index contributed by atoms with van der Waals surface area (Å²) in [6.07, 6.45) is 1.71. The topological polar surface area (TPSA) is 64.7 Å². The molecule has 0 aliphatic carbocycles. The van der Waals surface area contributed by atoms with Crippen molar-refractivity contribution < 1.29 is 9.59 Å². The zero-order valence-electron chi connectivity index (χ0n) is 19.6. The summed E-state index contributed by atoms with van der Waals surface area (Å²) in [5.74, 6) is -0.633. The molecular formula is C27H30N4O2S. The Bertz CT molecular complexity index is 1130. The molecule has 0 bridgehead atoms. The van der Waals surface area contributed by atoms with Crippen LogP contribution in [0.4, 0.5) is 5.69 Å². The van der Waals surface area contributed by atoms with Crippen molar-refractivity contribution in [2.24, 2.45) is 0 Å². The lowest BCUT2D eigenvalue weighted by Gasteiger charge is -2.34. The molecule has 1 saturated heterocycles. The van der Waals surface area contributed by atoms with Crippen LogP contribution in [-0.2, 0) is 11.3 Å². The number of likely N-dealkylation sites (N-methyl/N-ethyl adjacent to an activating group) is 1. The van der Waals surface area contributed by atoms with E-state index in [4.69, 9.17) is 0 Å². The molecule has 1 aliphatic heterocycles. The Hall–Kier alpha value is -3.42. The third kappa shape index (κ3) is 6.34. The molecule has 34 heavy (non-hydrogen) atoms. The quantitative estimate of drug-likeness (QED) is 0.510. The van der Waals surface area contributed by atoms with E-state index >= 15 is 0 Å². The highest BCUT2D eigenvalue weighted by Crippen LogP contribution is 2.17. The van der Waals surface area contributed by atoms with E-state index in [1.54, 1.807) is 18.2 Å².